The molecule has 0 unspecified atom stereocenters. The van der Waals surface area contributed by atoms with Crippen LogP contribution in [0.5, 0.6) is 0 Å². The zero-order valence-corrected chi connectivity index (χ0v) is 20.7. The summed E-state index contributed by atoms with van der Waals surface area (Å²) in [6, 6.07) is 22.2. The molecule has 2 N–H and O–H groups in total. The third-order valence-electron chi connectivity index (χ3n) is 6.16. The summed E-state index contributed by atoms with van der Waals surface area (Å²) in [5, 5.41) is 12.4. The molecule has 0 bridgehead atoms. The largest absolute Gasteiger partial charge is 0.350 e. The Morgan fingerprint density at radius 1 is 1.06 bits per heavy atom. The predicted octanol–water partition coefficient (Wildman–Crippen LogP) is 4.31. The molecule has 1 aliphatic rings. The van der Waals surface area contributed by atoms with E-state index >= 15 is 0 Å². The van der Waals surface area contributed by atoms with Gasteiger partial charge in [0, 0.05) is 24.8 Å². The Morgan fingerprint density at radius 3 is 2.47 bits per heavy atom. The van der Waals surface area contributed by atoms with Crippen molar-refractivity contribution in [2.75, 3.05) is 10.2 Å². The number of nitrogens with one attached hydrogen (secondary N) is 2. The van der Waals surface area contributed by atoms with Crippen molar-refractivity contribution in [3.63, 3.8) is 0 Å². The number of rotatable bonds is 6. The standard InChI is InChI=1S/C27H25N5O3S/c1-18(33)29-20-10-12-21(13-11-20)32-25(34)23-15-22(24-9-6-14-36-24)30-31(23)17-27(32,2)26(35)28-16-19-7-4-3-5-8-19/h3-15H,16-17H2,1-2H3,(H,28,35)(H,29,33)/t27-/m1/s1. The fraction of sp³-hybridized carbons (Fsp3) is 0.185. The molecule has 5 rings (SSSR count). The average molecular weight is 500 g/mol. The number of hydrogen-bond acceptors (Lipinski definition) is 5. The summed E-state index contributed by atoms with van der Waals surface area (Å²) in [7, 11) is 0. The third kappa shape index (κ3) is 4.40. The van der Waals surface area contributed by atoms with Gasteiger partial charge in [0.1, 0.15) is 16.9 Å². The van der Waals surface area contributed by atoms with Gasteiger partial charge in [-0.05, 0) is 54.3 Å². The van der Waals surface area contributed by atoms with Crippen molar-refractivity contribution < 1.29 is 14.4 Å². The molecular formula is C27H25N5O3S. The summed E-state index contributed by atoms with van der Waals surface area (Å²) in [4.78, 5) is 41.5. The van der Waals surface area contributed by atoms with Crippen LogP contribution in [-0.2, 0) is 22.7 Å². The van der Waals surface area contributed by atoms with Gasteiger partial charge in [0.25, 0.3) is 5.91 Å². The van der Waals surface area contributed by atoms with E-state index in [0.29, 0.717) is 29.3 Å². The van der Waals surface area contributed by atoms with E-state index in [4.69, 9.17) is 0 Å². The van der Waals surface area contributed by atoms with Gasteiger partial charge in [0.15, 0.2) is 0 Å². The topological polar surface area (TPSA) is 96.3 Å². The molecule has 1 aliphatic heterocycles. The molecule has 4 aromatic rings. The van der Waals surface area contributed by atoms with Crippen molar-refractivity contribution in [2.24, 2.45) is 0 Å². The van der Waals surface area contributed by atoms with Gasteiger partial charge in [-0.3, -0.25) is 24.0 Å². The van der Waals surface area contributed by atoms with Crippen LogP contribution in [0.2, 0.25) is 0 Å². The van der Waals surface area contributed by atoms with Crippen LogP contribution in [0.1, 0.15) is 29.9 Å². The maximum atomic E-state index is 13.9. The highest BCUT2D eigenvalue weighted by Crippen LogP contribution is 2.35. The fourth-order valence-corrected chi connectivity index (χ4v) is 5.08. The molecule has 0 radical (unpaired) electrons. The van der Waals surface area contributed by atoms with Gasteiger partial charge in [-0.15, -0.1) is 11.3 Å². The molecule has 3 amide bonds. The van der Waals surface area contributed by atoms with E-state index in [1.54, 1.807) is 53.3 Å². The van der Waals surface area contributed by atoms with Crippen molar-refractivity contribution in [1.29, 1.82) is 0 Å². The van der Waals surface area contributed by atoms with Crippen LogP contribution in [0.3, 0.4) is 0 Å². The Balaban J connectivity index is 1.52. The number of carbonyl (C=O) groups is 3. The van der Waals surface area contributed by atoms with Crippen molar-refractivity contribution in [2.45, 2.75) is 32.5 Å². The number of fused-ring (bicyclic) bond motifs is 1. The molecule has 9 heteroatoms. The zero-order chi connectivity index (χ0) is 25.3. The van der Waals surface area contributed by atoms with Gasteiger partial charge in [0.2, 0.25) is 11.8 Å². The van der Waals surface area contributed by atoms with E-state index in [1.807, 2.05) is 47.8 Å². The molecule has 8 nitrogen and oxygen atoms in total. The van der Waals surface area contributed by atoms with Gasteiger partial charge >= 0.3 is 0 Å². The summed E-state index contributed by atoms with van der Waals surface area (Å²) in [5.41, 5.74) is 1.99. The molecule has 2 aromatic heterocycles. The van der Waals surface area contributed by atoms with Crippen molar-refractivity contribution in [3.8, 4) is 10.6 Å². The lowest BCUT2D eigenvalue weighted by atomic mass is 9.93. The Morgan fingerprint density at radius 2 is 1.81 bits per heavy atom. The first-order valence-electron chi connectivity index (χ1n) is 11.5. The number of amides is 3. The highest BCUT2D eigenvalue weighted by atomic mass is 32.1. The summed E-state index contributed by atoms with van der Waals surface area (Å²) >= 11 is 1.54. The highest BCUT2D eigenvalue weighted by Gasteiger charge is 2.48. The lowest BCUT2D eigenvalue weighted by Crippen LogP contribution is -2.64. The second-order valence-electron chi connectivity index (χ2n) is 8.86. The zero-order valence-electron chi connectivity index (χ0n) is 19.9. The molecule has 0 spiro atoms. The quantitative estimate of drug-likeness (QED) is 0.413. The highest BCUT2D eigenvalue weighted by molar-refractivity contribution is 7.13. The number of carbonyl (C=O) groups excluding carboxylic acids is 3. The van der Waals surface area contributed by atoms with Crippen LogP contribution in [-0.4, -0.2) is 33.0 Å². The number of aromatic nitrogens is 2. The molecule has 36 heavy (non-hydrogen) atoms. The SMILES string of the molecule is CC(=O)Nc1ccc(N2C(=O)c3cc(-c4cccs4)nn3C[C@]2(C)C(=O)NCc2ccccc2)cc1. The van der Waals surface area contributed by atoms with E-state index in [-0.39, 0.29) is 24.3 Å². The maximum absolute atomic E-state index is 13.9. The number of thiophene rings is 1. The second kappa shape index (κ2) is 9.43. The second-order valence-corrected chi connectivity index (χ2v) is 9.81. The number of hydrogen-bond donors (Lipinski definition) is 2. The van der Waals surface area contributed by atoms with E-state index < -0.39 is 5.54 Å². The molecule has 2 aromatic carbocycles. The van der Waals surface area contributed by atoms with Crippen molar-refractivity contribution >= 4 is 40.4 Å². The molecule has 0 saturated heterocycles. The lowest BCUT2D eigenvalue weighted by Gasteiger charge is -2.43. The Hall–Kier alpha value is -4.24. The normalized spacial score (nSPS) is 16.9. The van der Waals surface area contributed by atoms with Crippen molar-refractivity contribution in [1.82, 2.24) is 15.1 Å². The first-order chi connectivity index (χ1) is 17.3. The lowest BCUT2D eigenvalue weighted by molar-refractivity contribution is -0.126. The number of nitrogens with zero attached hydrogens (tertiary/aromatic N) is 3. The first-order valence-corrected chi connectivity index (χ1v) is 12.4. The number of benzene rings is 2. The molecule has 1 atom stereocenters. The maximum Gasteiger partial charge on any atom is 0.277 e. The van der Waals surface area contributed by atoms with Crippen LogP contribution in [0.15, 0.2) is 78.2 Å². The van der Waals surface area contributed by atoms with Crippen LogP contribution in [0.4, 0.5) is 11.4 Å². The summed E-state index contributed by atoms with van der Waals surface area (Å²) in [5.74, 6) is -0.794. The van der Waals surface area contributed by atoms with Crippen LogP contribution in [0.25, 0.3) is 10.6 Å². The molecule has 182 valence electrons. The summed E-state index contributed by atoms with van der Waals surface area (Å²) in [6.07, 6.45) is 0. The minimum absolute atomic E-state index is 0.188. The molecule has 0 aliphatic carbocycles. The Kier molecular flexibility index (Phi) is 6.15. The van der Waals surface area contributed by atoms with Gasteiger partial charge < -0.3 is 10.6 Å². The Labute approximate surface area is 212 Å². The molecular weight excluding hydrogens is 474 g/mol. The Bertz CT molecular complexity index is 1410. The van der Waals surface area contributed by atoms with E-state index in [9.17, 15) is 14.4 Å². The van der Waals surface area contributed by atoms with E-state index in [0.717, 1.165) is 10.4 Å². The fourth-order valence-electron chi connectivity index (χ4n) is 4.40. The minimum Gasteiger partial charge on any atom is -0.350 e. The van der Waals surface area contributed by atoms with E-state index in [1.165, 1.54) is 11.8 Å². The van der Waals surface area contributed by atoms with Gasteiger partial charge in [-0.25, -0.2) is 0 Å². The predicted molar refractivity (Wildman–Crippen MR) is 140 cm³/mol. The van der Waals surface area contributed by atoms with Crippen LogP contribution < -0.4 is 15.5 Å². The third-order valence-corrected chi connectivity index (χ3v) is 7.05. The van der Waals surface area contributed by atoms with Crippen LogP contribution >= 0.6 is 11.3 Å². The average Bonchev–Trinajstić information content (AvgIpc) is 3.54. The van der Waals surface area contributed by atoms with Crippen LogP contribution in [0, 0.1) is 0 Å². The monoisotopic (exact) mass is 499 g/mol. The minimum atomic E-state index is -1.24. The van der Waals surface area contributed by atoms with Gasteiger partial charge in [-0.1, -0.05) is 36.4 Å². The molecule has 0 fully saturated rings. The first kappa shape index (κ1) is 23.5. The van der Waals surface area contributed by atoms with Gasteiger partial charge in [-0.2, -0.15) is 5.10 Å². The van der Waals surface area contributed by atoms with Gasteiger partial charge in [0.05, 0.1) is 11.4 Å². The summed E-state index contributed by atoms with van der Waals surface area (Å²) in [6.45, 7) is 3.71. The smallest absolute Gasteiger partial charge is 0.277 e. The van der Waals surface area contributed by atoms with Crippen molar-refractivity contribution in [3.05, 3.63) is 89.4 Å². The molecule has 0 saturated carbocycles. The summed E-state index contributed by atoms with van der Waals surface area (Å²) < 4.78 is 1.63. The van der Waals surface area contributed by atoms with E-state index in [2.05, 4.69) is 15.7 Å². The molecule has 3 heterocycles. The number of anilines is 2.